The van der Waals surface area contributed by atoms with Crippen molar-refractivity contribution < 1.29 is 27.1 Å². The van der Waals surface area contributed by atoms with E-state index in [0.717, 1.165) is 12.4 Å². The van der Waals surface area contributed by atoms with Crippen LogP contribution in [0.1, 0.15) is 12.5 Å². The smallest absolute Gasteiger partial charge is 0.241 e. The van der Waals surface area contributed by atoms with E-state index in [2.05, 4.69) is 30.9 Å². The lowest BCUT2D eigenvalue weighted by Gasteiger charge is -2.11. The van der Waals surface area contributed by atoms with Crippen LogP contribution in [0.15, 0.2) is 35.2 Å². The number of nitrogens with zero attached hydrogens (tertiary/aromatic N) is 3. The zero-order valence-electron chi connectivity index (χ0n) is 17.8. The standard InChI is InChI=1S/C20H23F4N7O2/c1-11(10-33-2)29-18(32)9-26-6-13(5-25)30-20-28-8-17(24)19(31-20)27-7-14-15(22)3-12(21)4-16(14)23/h3-6,8,11H,7,9-10,25H2,1-2H3,(H,29,32)(H2,27,28,30,31). The van der Waals surface area contributed by atoms with Gasteiger partial charge in [0.05, 0.1) is 18.5 Å². The second-order valence-corrected chi connectivity index (χ2v) is 6.73. The summed E-state index contributed by atoms with van der Waals surface area (Å²) in [7, 11) is 1.52. The molecule has 1 aromatic heterocycles. The number of carbonyl (C=O) groups is 1. The van der Waals surface area contributed by atoms with Crippen LogP contribution in [0.3, 0.4) is 0 Å². The SMILES string of the molecule is COCC(C)NC(=O)CN=CC(=CN)Nc1ncc(F)c(NCc2c(F)cc(F)cc2F)n1. The quantitative estimate of drug-likeness (QED) is 0.293. The van der Waals surface area contributed by atoms with E-state index in [4.69, 9.17) is 10.5 Å². The number of nitrogens with two attached hydrogens (primary N) is 1. The van der Waals surface area contributed by atoms with E-state index in [1.54, 1.807) is 6.92 Å². The third-order valence-corrected chi connectivity index (χ3v) is 4.01. The topological polar surface area (TPSA) is 127 Å². The van der Waals surface area contributed by atoms with Crippen molar-refractivity contribution in [3.05, 3.63) is 59.1 Å². The van der Waals surface area contributed by atoms with Gasteiger partial charge in [0.2, 0.25) is 11.9 Å². The Bertz CT molecular complexity index is 1010. The molecule has 33 heavy (non-hydrogen) atoms. The average molecular weight is 469 g/mol. The number of methoxy groups -OCH3 is 1. The fourth-order valence-corrected chi connectivity index (χ4v) is 2.55. The number of rotatable bonds is 11. The molecule has 0 fully saturated rings. The molecule has 1 atom stereocenters. The van der Waals surface area contributed by atoms with E-state index in [1.807, 2.05) is 0 Å². The van der Waals surface area contributed by atoms with E-state index in [-0.39, 0.29) is 36.0 Å². The zero-order chi connectivity index (χ0) is 24.4. The molecule has 1 heterocycles. The van der Waals surface area contributed by atoms with Crippen LogP contribution in [0.25, 0.3) is 0 Å². The molecule has 0 saturated carbocycles. The van der Waals surface area contributed by atoms with Crippen molar-refractivity contribution in [2.24, 2.45) is 10.7 Å². The van der Waals surface area contributed by atoms with Crippen LogP contribution in [0.5, 0.6) is 0 Å². The van der Waals surface area contributed by atoms with Gasteiger partial charge >= 0.3 is 0 Å². The van der Waals surface area contributed by atoms with Crippen LogP contribution in [0, 0.1) is 23.3 Å². The number of nitrogens with one attached hydrogen (secondary N) is 3. The molecule has 1 unspecified atom stereocenters. The fourth-order valence-electron chi connectivity index (χ4n) is 2.55. The van der Waals surface area contributed by atoms with E-state index in [1.165, 1.54) is 13.3 Å². The predicted octanol–water partition coefficient (Wildman–Crippen LogP) is 2.08. The molecule has 178 valence electrons. The maximum Gasteiger partial charge on any atom is 0.241 e. The fraction of sp³-hybridized carbons (Fsp3) is 0.300. The second-order valence-electron chi connectivity index (χ2n) is 6.73. The number of amides is 1. The first-order valence-corrected chi connectivity index (χ1v) is 9.60. The van der Waals surface area contributed by atoms with Crippen LogP contribution in [-0.2, 0) is 16.1 Å². The molecule has 1 aromatic carbocycles. The van der Waals surface area contributed by atoms with Gasteiger partial charge in [-0.3, -0.25) is 9.79 Å². The molecule has 0 saturated heterocycles. The van der Waals surface area contributed by atoms with Gasteiger partial charge in [-0.25, -0.2) is 22.5 Å². The van der Waals surface area contributed by atoms with Crippen molar-refractivity contribution in [1.82, 2.24) is 15.3 Å². The van der Waals surface area contributed by atoms with Crippen LogP contribution in [0.4, 0.5) is 29.3 Å². The summed E-state index contributed by atoms with van der Waals surface area (Å²) in [5.41, 5.74) is 5.22. The Morgan fingerprint density at radius 2 is 1.94 bits per heavy atom. The van der Waals surface area contributed by atoms with Gasteiger partial charge < -0.3 is 26.4 Å². The highest BCUT2D eigenvalue weighted by Gasteiger charge is 2.14. The molecule has 2 aromatic rings. The number of benzene rings is 1. The Labute approximate surface area is 187 Å². The molecule has 0 bridgehead atoms. The van der Waals surface area contributed by atoms with Crippen molar-refractivity contribution in [3.8, 4) is 0 Å². The second kappa shape index (κ2) is 12.3. The molecule has 0 spiro atoms. The highest BCUT2D eigenvalue weighted by atomic mass is 19.1. The van der Waals surface area contributed by atoms with Gasteiger partial charge in [0.25, 0.3) is 0 Å². The number of allylic oxidation sites excluding steroid dienone is 1. The Morgan fingerprint density at radius 1 is 1.24 bits per heavy atom. The molecular formula is C20H23F4N7O2. The van der Waals surface area contributed by atoms with Crippen LogP contribution >= 0.6 is 0 Å². The van der Waals surface area contributed by atoms with Crippen LogP contribution < -0.4 is 21.7 Å². The minimum atomic E-state index is -1.13. The van der Waals surface area contributed by atoms with E-state index < -0.39 is 35.4 Å². The monoisotopic (exact) mass is 469 g/mol. The van der Waals surface area contributed by atoms with E-state index in [9.17, 15) is 22.4 Å². The van der Waals surface area contributed by atoms with Gasteiger partial charge in [0, 0.05) is 49.8 Å². The maximum absolute atomic E-state index is 14.0. The minimum absolute atomic E-state index is 0.111. The molecule has 9 nitrogen and oxygen atoms in total. The van der Waals surface area contributed by atoms with Gasteiger partial charge in [0.1, 0.15) is 24.0 Å². The third kappa shape index (κ3) is 8.03. The van der Waals surface area contributed by atoms with E-state index in [0.29, 0.717) is 18.7 Å². The maximum atomic E-state index is 14.0. The van der Waals surface area contributed by atoms with Crippen molar-refractivity contribution in [2.45, 2.75) is 19.5 Å². The van der Waals surface area contributed by atoms with Gasteiger partial charge in [-0.1, -0.05) is 0 Å². The summed E-state index contributed by atoms with van der Waals surface area (Å²) in [4.78, 5) is 23.4. The molecule has 0 aliphatic heterocycles. The Hall–Kier alpha value is -3.74. The van der Waals surface area contributed by atoms with Crippen LogP contribution in [-0.4, -0.2) is 48.4 Å². The lowest BCUT2D eigenvalue weighted by molar-refractivity contribution is -0.120. The molecule has 0 aliphatic rings. The lowest BCUT2D eigenvalue weighted by Crippen LogP contribution is -2.37. The number of anilines is 2. The zero-order valence-corrected chi connectivity index (χ0v) is 17.8. The molecule has 5 N–H and O–H groups in total. The normalized spacial score (nSPS) is 12.6. The van der Waals surface area contributed by atoms with Gasteiger partial charge in [-0.2, -0.15) is 4.98 Å². The summed E-state index contributed by atoms with van der Waals surface area (Å²) in [5, 5.41) is 7.78. The summed E-state index contributed by atoms with van der Waals surface area (Å²) in [6.07, 6.45) is 3.20. The first-order chi connectivity index (χ1) is 15.7. The Morgan fingerprint density at radius 3 is 2.58 bits per heavy atom. The first kappa shape index (κ1) is 25.5. The number of aromatic nitrogens is 2. The Kier molecular flexibility index (Phi) is 9.54. The van der Waals surface area contributed by atoms with Crippen LogP contribution in [0.2, 0.25) is 0 Å². The summed E-state index contributed by atoms with van der Waals surface area (Å²) < 4.78 is 59.5. The van der Waals surface area contributed by atoms with Gasteiger partial charge in [-0.05, 0) is 6.92 Å². The largest absolute Gasteiger partial charge is 0.403 e. The van der Waals surface area contributed by atoms with Gasteiger partial charge in [0.15, 0.2) is 11.6 Å². The van der Waals surface area contributed by atoms with Crippen molar-refractivity contribution >= 4 is 23.9 Å². The molecule has 0 aliphatic carbocycles. The minimum Gasteiger partial charge on any atom is -0.403 e. The lowest BCUT2D eigenvalue weighted by atomic mass is 10.2. The summed E-state index contributed by atoms with van der Waals surface area (Å²) >= 11 is 0. The Balaban J connectivity index is 2.00. The van der Waals surface area contributed by atoms with Crippen molar-refractivity contribution in [2.75, 3.05) is 30.9 Å². The van der Waals surface area contributed by atoms with Gasteiger partial charge in [-0.15, -0.1) is 0 Å². The number of hydrogen-bond donors (Lipinski definition) is 4. The summed E-state index contributed by atoms with van der Waals surface area (Å²) in [5.74, 6) is -5.03. The number of ether oxygens (including phenoxy) is 1. The highest BCUT2D eigenvalue weighted by Crippen LogP contribution is 2.18. The first-order valence-electron chi connectivity index (χ1n) is 9.60. The summed E-state index contributed by atoms with van der Waals surface area (Å²) in [6.45, 7) is 1.44. The van der Waals surface area contributed by atoms with E-state index >= 15 is 0 Å². The summed E-state index contributed by atoms with van der Waals surface area (Å²) in [6, 6.07) is 0.842. The molecule has 0 radical (unpaired) electrons. The van der Waals surface area contributed by atoms with Crippen molar-refractivity contribution in [1.29, 1.82) is 0 Å². The number of aliphatic imine (C=N–C) groups is 1. The molecule has 2 rings (SSSR count). The highest BCUT2D eigenvalue weighted by molar-refractivity contribution is 5.85. The molecular weight excluding hydrogens is 446 g/mol. The van der Waals surface area contributed by atoms with Crippen molar-refractivity contribution in [3.63, 3.8) is 0 Å². The number of halogens is 4. The number of carbonyl (C=O) groups excluding carboxylic acids is 1. The number of hydrogen-bond acceptors (Lipinski definition) is 8. The third-order valence-electron chi connectivity index (χ3n) is 4.01. The molecule has 1 amide bonds. The molecule has 13 heteroatoms. The average Bonchev–Trinajstić information content (AvgIpc) is 2.74. The predicted molar refractivity (Wildman–Crippen MR) is 114 cm³/mol.